The Hall–Kier alpha value is -2.41. The number of nitrogens with two attached hydrogens (primary N) is 1. The third-order valence-corrected chi connectivity index (χ3v) is 3.79. The maximum atomic E-state index is 5.75. The van der Waals surface area contributed by atoms with E-state index in [1.165, 1.54) is 6.42 Å². The lowest BCUT2D eigenvalue weighted by molar-refractivity contribution is 0.0160. The number of aromatic nitrogens is 5. The van der Waals surface area contributed by atoms with Crippen LogP contribution in [-0.4, -0.2) is 31.0 Å². The summed E-state index contributed by atoms with van der Waals surface area (Å²) in [5.41, 5.74) is 9.67. The largest absolute Gasteiger partial charge is 0.366 e. The number of anilines is 1. The van der Waals surface area contributed by atoms with Crippen LogP contribution >= 0.6 is 0 Å². The molecule has 3 aromatic heterocycles. The summed E-state index contributed by atoms with van der Waals surface area (Å²) in [6, 6.07) is 3.97. The Kier molecular flexibility index (Phi) is 6.74. The summed E-state index contributed by atoms with van der Waals surface area (Å²) in [7, 11) is 0. The van der Waals surface area contributed by atoms with Crippen LogP contribution in [0.2, 0.25) is 0 Å². The number of pyridine rings is 1. The van der Waals surface area contributed by atoms with Crippen molar-refractivity contribution in [3.8, 4) is 11.1 Å². The zero-order chi connectivity index (χ0) is 19.3. The van der Waals surface area contributed by atoms with Crippen LogP contribution < -0.4 is 5.73 Å². The number of fused-ring (bicyclic) bond motifs is 1. The predicted molar refractivity (Wildman–Crippen MR) is 105 cm³/mol. The van der Waals surface area contributed by atoms with Crippen LogP contribution in [0.5, 0.6) is 0 Å². The summed E-state index contributed by atoms with van der Waals surface area (Å²) < 4.78 is 9.23. The molecule has 0 saturated heterocycles. The van der Waals surface area contributed by atoms with Crippen molar-refractivity contribution in [2.75, 3.05) is 12.3 Å². The quantitative estimate of drug-likeness (QED) is 0.736. The van der Waals surface area contributed by atoms with E-state index in [1.807, 2.05) is 47.6 Å². The molecule has 2 N–H and O–H groups in total. The number of nitrogens with zero attached hydrogens (tertiary/aromatic N) is 5. The van der Waals surface area contributed by atoms with Gasteiger partial charge in [-0.1, -0.05) is 34.1 Å². The van der Waals surface area contributed by atoms with Gasteiger partial charge in [-0.15, -0.1) is 5.10 Å². The first-order valence-electron chi connectivity index (χ1n) is 9.24. The van der Waals surface area contributed by atoms with Crippen molar-refractivity contribution in [1.82, 2.24) is 24.4 Å². The van der Waals surface area contributed by atoms with E-state index < -0.39 is 0 Å². The standard InChI is InChI=1S/C16H22N6O.C3H8/c1-5-23-11(4)21-9-12(8-18-21)13-6-7-14-19-16(17)20-22(14)15(13)10(2)3;1-3-2/h6-11H,5H2,1-4H3,(H2,17,20);3H2,1-2H3. The molecule has 0 bridgehead atoms. The number of ether oxygens (including phenoxy) is 1. The highest BCUT2D eigenvalue weighted by molar-refractivity contribution is 5.68. The fourth-order valence-corrected chi connectivity index (χ4v) is 2.78. The summed E-state index contributed by atoms with van der Waals surface area (Å²) in [4.78, 5) is 4.24. The van der Waals surface area contributed by atoms with Crippen molar-refractivity contribution in [1.29, 1.82) is 0 Å². The molecule has 3 rings (SSSR count). The van der Waals surface area contributed by atoms with E-state index in [-0.39, 0.29) is 18.1 Å². The van der Waals surface area contributed by atoms with Crippen LogP contribution in [0, 0.1) is 0 Å². The maximum Gasteiger partial charge on any atom is 0.240 e. The second kappa shape index (κ2) is 8.80. The van der Waals surface area contributed by atoms with Gasteiger partial charge >= 0.3 is 0 Å². The number of nitrogen functional groups attached to an aromatic ring is 1. The lowest BCUT2D eigenvalue weighted by Crippen LogP contribution is -2.09. The van der Waals surface area contributed by atoms with Crippen LogP contribution in [0.15, 0.2) is 24.5 Å². The van der Waals surface area contributed by atoms with Gasteiger partial charge in [0.1, 0.15) is 6.23 Å². The van der Waals surface area contributed by atoms with Crippen molar-refractivity contribution in [2.24, 2.45) is 0 Å². The van der Waals surface area contributed by atoms with E-state index in [0.717, 1.165) is 22.5 Å². The molecule has 0 aliphatic heterocycles. The lowest BCUT2D eigenvalue weighted by Gasteiger charge is -2.13. The minimum Gasteiger partial charge on any atom is -0.366 e. The lowest BCUT2D eigenvalue weighted by atomic mass is 10.00. The Balaban J connectivity index is 0.000000758. The van der Waals surface area contributed by atoms with E-state index in [1.54, 1.807) is 0 Å². The Bertz CT molecular complexity index is 836. The van der Waals surface area contributed by atoms with Crippen LogP contribution in [0.4, 0.5) is 5.95 Å². The molecule has 0 aliphatic carbocycles. The first kappa shape index (κ1) is 19.9. The molecule has 0 aliphatic rings. The van der Waals surface area contributed by atoms with Gasteiger partial charge in [0.25, 0.3) is 0 Å². The van der Waals surface area contributed by atoms with Gasteiger partial charge in [-0.25, -0.2) is 9.20 Å². The van der Waals surface area contributed by atoms with Crippen molar-refractivity contribution in [3.63, 3.8) is 0 Å². The zero-order valence-corrected chi connectivity index (χ0v) is 16.6. The van der Waals surface area contributed by atoms with E-state index in [4.69, 9.17) is 10.5 Å². The predicted octanol–water partition coefficient (Wildman–Crippen LogP) is 4.27. The molecule has 0 aromatic carbocycles. The molecule has 26 heavy (non-hydrogen) atoms. The molecular formula is C19H30N6O. The molecule has 7 nitrogen and oxygen atoms in total. The van der Waals surface area contributed by atoms with E-state index in [2.05, 4.69) is 42.9 Å². The summed E-state index contributed by atoms with van der Waals surface area (Å²) in [5.74, 6) is 0.548. The second-order valence-corrected chi connectivity index (χ2v) is 6.50. The first-order chi connectivity index (χ1) is 12.4. The molecule has 1 unspecified atom stereocenters. The summed E-state index contributed by atoms with van der Waals surface area (Å²) in [6.45, 7) is 13.1. The number of hydrogen-bond donors (Lipinski definition) is 1. The fourth-order valence-electron chi connectivity index (χ4n) is 2.78. The zero-order valence-electron chi connectivity index (χ0n) is 16.6. The minimum atomic E-state index is -0.0954. The van der Waals surface area contributed by atoms with Crippen LogP contribution in [0.25, 0.3) is 16.8 Å². The molecule has 1 atom stereocenters. The van der Waals surface area contributed by atoms with Crippen molar-refractivity contribution >= 4 is 11.6 Å². The topological polar surface area (TPSA) is 83.3 Å². The van der Waals surface area contributed by atoms with Gasteiger partial charge in [-0.05, 0) is 31.9 Å². The third-order valence-electron chi connectivity index (χ3n) is 3.79. The SMILES string of the molecule is CCC.CCOC(C)n1cc(-c2ccc3nc(N)nn3c2C(C)C)cn1. The van der Waals surface area contributed by atoms with Crippen molar-refractivity contribution in [3.05, 3.63) is 30.2 Å². The van der Waals surface area contributed by atoms with E-state index in [9.17, 15) is 0 Å². The van der Waals surface area contributed by atoms with Crippen LogP contribution in [0.3, 0.4) is 0 Å². The molecule has 0 fully saturated rings. The summed E-state index contributed by atoms with van der Waals surface area (Å²) in [6.07, 6.45) is 5.00. The molecular weight excluding hydrogens is 328 g/mol. The van der Waals surface area contributed by atoms with Gasteiger partial charge in [0.2, 0.25) is 5.95 Å². The Morgan fingerprint density at radius 1 is 1.15 bits per heavy atom. The van der Waals surface area contributed by atoms with E-state index >= 15 is 0 Å². The summed E-state index contributed by atoms with van der Waals surface area (Å²) >= 11 is 0. The van der Waals surface area contributed by atoms with Gasteiger partial charge in [-0.2, -0.15) is 10.1 Å². The molecule has 142 valence electrons. The Morgan fingerprint density at radius 2 is 1.85 bits per heavy atom. The Labute approximate surface area is 155 Å². The van der Waals surface area contributed by atoms with Gasteiger partial charge in [0, 0.05) is 23.9 Å². The number of hydrogen-bond acceptors (Lipinski definition) is 5. The van der Waals surface area contributed by atoms with Gasteiger partial charge in [0.15, 0.2) is 5.65 Å². The minimum absolute atomic E-state index is 0.0954. The smallest absolute Gasteiger partial charge is 0.240 e. The maximum absolute atomic E-state index is 5.75. The van der Waals surface area contributed by atoms with Gasteiger partial charge < -0.3 is 10.5 Å². The van der Waals surface area contributed by atoms with Gasteiger partial charge in [-0.3, -0.25) is 0 Å². The normalized spacial score (nSPS) is 12.3. The van der Waals surface area contributed by atoms with Crippen molar-refractivity contribution in [2.45, 2.75) is 60.1 Å². The third kappa shape index (κ3) is 4.22. The number of rotatable bonds is 5. The fraction of sp³-hybridized carbons (Fsp3) is 0.526. The molecule has 0 spiro atoms. The average molecular weight is 358 g/mol. The Morgan fingerprint density at radius 3 is 2.46 bits per heavy atom. The van der Waals surface area contributed by atoms with Crippen molar-refractivity contribution < 1.29 is 4.74 Å². The highest BCUT2D eigenvalue weighted by Gasteiger charge is 2.17. The molecule has 3 heterocycles. The second-order valence-electron chi connectivity index (χ2n) is 6.50. The van der Waals surface area contributed by atoms with Crippen LogP contribution in [-0.2, 0) is 4.74 Å². The average Bonchev–Trinajstić information content (AvgIpc) is 3.20. The first-order valence-corrected chi connectivity index (χ1v) is 9.24. The van der Waals surface area contributed by atoms with E-state index in [0.29, 0.717) is 6.61 Å². The molecule has 0 radical (unpaired) electrons. The molecule has 7 heteroatoms. The molecule has 3 aromatic rings. The van der Waals surface area contributed by atoms with Gasteiger partial charge in [0.05, 0.1) is 11.9 Å². The molecule has 0 amide bonds. The highest BCUT2D eigenvalue weighted by atomic mass is 16.5. The van der Waals surface area contributed by atoms with Crippen LogP contribution in [0.1, 0.15) is 65.8 Å². The molecule has 0 saturated carbocycles. The summed E-state index contributed by atoms with van der Waals surface area (Å²) in [5, 5.41) is 8.74. The highest BCUT2D eigenvalue weighted by Crippen LogP contribution is 2.30. The monoisotopic (exact) mass is 358 g/mol.